The Kier molecular flexibility index (Phi) is 7.15. The summed E-state index contributed by atoms with van der Waals surface area (Å²) < 4.78 is 63.0. The van der Waals surface area contributed by atoms with Gasteiger partial charge in [0.05, 0.1) is 29.7 Å². The summed E-state index contributed by atoms with van der Waals surface area (Å²) in [5.74, 6) is -0.876. The molecule has 1 saturated heterocycles. The van der Waals surface area contributed by atoms with E-state index in [2.05, 4.69) is 20.2 Å². The summed E-state index contributed by atoms with van der Waals surface area (Å²) in [4.78, 5) is 7.99. The molecular formula is C24H21ClF4N6O4. The van der Waals surface area contributed by atoms with Crippen LogP contribution in [0.25, 0.3) is 16.9 Å². The Morgan fingerprint density at radius 3 is 2.56 bits per heavy atom. The molecule has 1 aliphatic heterocycles. The van der Waals surface area contributed by atoms with Gasteiger partial charge in [-0.2, -0.15) is 27.8 Å². The molecule has 39 heavy (non-hydrogen) atoms. The molecule has 0 bridgehead atoms. The van der Waals surface area contributed by atoms with Gasteiger partial charge in [0.1, 0.15) is 36.3 Å². The molecule has 4 aromatic rings. The molecule has 5 rings (SSSR count). The van der Waals surface area contributed by atoms with Crippen LogP contribution in [0.1, 0.15) is 29.4 Å². The van der Waals surface area contributed by atoms with E-state index in [1.807, 2.05) is 0 Å². The molecule has 4 heterocycles. The van der Waals surface area contributed by atoms with Crippen molar-refractivity contribution >= 4 is 11.6 Å². The number of halogens is 5. The predicted molar refractivity (Wildman–Crippen MR) is 127 cm³/mol. The Hall–Kier alpha value is -3.43. The van der Waals surface area contributed by atoms with Crippen LogP contribution in [0.4, 0.5) is 17.6 Å². The largest absolute Gasteiger partial charge is 0.418 e. The smallest absolute Gasteiger partial charge is 0.394 e. The van der Waals surface area contributed by atoms with E-state index in [0.717, 1.165) is 22.9 Å². The maximum Gasteiger partial charge on any atom is 0.418 e. The molecule has 206 valence electrons. The first-order valence-corrected chi connectivity index (χ1v) is 12.0. The summed E-state index contributed by atoms with van der Waals surface area (Å²) in [5.41, 5.74) is -0.907. The third-order valence-electron chi connectivity index (χ3n) is 6.30. The van der Waals surface area contributed by atoms with Crippen molar-refractivity contribution < 1.29 is 37.6 Å². The van der Waals surface area contributed by atoms with Gasteiger partial charge in [0.2, 0.25) is 5.95 Å². The summed E-state index contributed by atoms with van der Waals surface area (Å²) in [5, 5.41) is 40.5. The van der Waals surface area contributed by atoms with Gasteiger partial charge < -0.3 is 20.1 Å². The summed E-state index contributed by atoms with van der Waals surface area (Å²) in [7, 11) is 0. The first-order valence-electron chi connectivity index (χ1n) is 11.6. The van der Waals surface area contributed by atoms with Crippen molar-refractivity contribution in [3.05, 3.63) is 77.0 Å². The summed E-state index contributed by atoms with van der Waals surface area (Å²) in [6.45, 7) is 0.743. The number of hydrogen-bond acceptors (Lipinski definition) is 8. The highest BCUT2D eigenvalue weighted by atomic mass is 35.5. The van der Waals surface area contributed by atoms with Crippen molar-refractivity contribution in [1.82, 2.24) is 29.5 Å². The Morgan fingerprint density at radius 2 is 1.87 bits per heavy atom. The highest BCUT2D eigenvalue weighted by molar-refractivity contribution is 6.30. The molecule has 3 aromatic heterocycles. The first-order chi connectivity index (χ1) is 18.5. The zero-order valence-electron chi connectivity index (χ0n) is 20.0. The van der Waals surface area contributed by atoms with Gasteiger partial charge in [-0.1, -0.05) is 17.7 Å². The lowest BCUT2D eigenvalue weighted by Crippen LogP contribution is -2.53. The number of hydrogen-bond donors (Lipinski definition) is 3. The van der Waals surface area contributed by atoms with Crippen molar-refractivity contribution in [3.63, 3.8) is 0 Å². The van der Waals surface area contributed by atoms with Gasteiger partial charge in [-0.15, -0.1) is 0 Å². The summed E-state index contributed by atoms with van der Waals surface area (Å²) >= 11 is 6.01. The Balaban J connectivity index is 1.58. The first kappa shape index (κ1) is 27.1. The van der Waals surface area contributed by atoms with Crippen LogP contribution < -0.4 is 0 Å². The molecule has 5 atom stereocenters. The third kappa shape index (κ3) is 5.13. The standard InChI is InChI=1S/C24H21ClF4N6O4/c1-11-31-23(35(33-11)16-7-13(25)5-6-14(16)24(27,28)29)22-21(38)19(20(37)17(10-36)39-22)34-9-12(8-30-34)15-3-2-4-18(26)32-15/h2-9,17,19-22,36-38H,10H2,1H3/t17-,19+,20+,21-,22-/m1/s1. The van der Waals surface area contributed by atoms with E-state index in [1.165, 1.54) is 42.2 Å². The van der Waals surface area contributed by atoms with Gasteiger partial charge in [0.25, 0.3) is 0 Å². The van der Waals surface area contributed by atoms with Crippen LogP contribution in [0.15, 0.2) is 48.8 Å². The number of nitrogens with zero attached hydrogens (tertiary/aromatic N) is 6. The zero-order valence-corrected chi connectivity index (χ0v) is 20.8. The highest BCUT2D eigenvalue weighted by Crippen LogP contribution is 2.41. The molecule has 0 saturated carbocycles. The molecule has 0 aliphatic carbocycles. The Bertz CT molecular complexity index is 1500. The van der Waals surface area contributed by atoms with Gasteiger partial charge in [-0.25, -0.2) is 14.6 Å². The molecule has 3 N–H and O–H groups in total. The molecule has 0 unspecified atom stereocenters. The van der Waals surface area contributed by atoms with Crippen LogP contribution in [0.2, 0.25) is 5.02 Å². The average molecular weight is 569 g/mol. The minimum Gasteiger partial charge on any atom is -0.394 e. The van der Waals surface area contributed by atoms with E-state index < -0.39 is 60.4 Å². The van der Waals surface area contributed by atoms with E-state index in [1.54, 1.807) is 0 Å². The SMILES string of the molecule is Cc1nc([C@@H]2O[C@H](CO)[C@H](O)[C@H](n3cc(-c4cccc(F)n4)cn3)[C@H]2O)n(-c2cc(Cl)ccc2C(F)(F)F)n1. The third-order valence-corrected chi connectivity index (χ3v) is 6.53. The van der Waals surface area contributed by atoms with Crippen LogP contribution in [0, 0.1) is 12.9 Å². The molecule has 1 aromatic carbocycles. The predicted octanol–water partition coefficient (Wildman–Crippen LogP) is 3.04. The van der Waals surface area contributed by atoms with E-state index in [-0.39, 0.29) is 22.4 Å². The molecule has 0 spiro atoms. The van der Waals surface area contributed by atoms with Gasteiger partial charge in [0.15, 0.2) is 5.82 Å². The fraction of sp³-hybridized carbons (Fsp3) is 0.333. The number of benzene rings is 1. The van der Waals surface area contributed by atoms with Gasteiger partial charge in [0, 0.05) is 16.8 Å². The number of ether oxygens (including phenoxy) is 1. The monoisotopic (exact) mass is 568 g/mol. The van der Waals surface area contributed by atoms with Crippen LogP contribution in [-0.4, -0.2) is 69.8 Å². The minimum absolute atomic E-state index is 0.00113. The van der Waals surface area contributed by atoms with E-state index in [0.29, 0.717) is 5.56 Å². The molecule has 0 amide bonds. The van der Waals surface area contributed by atoms with Gasteiger partial charge in [-0.3, -0.25) is 4.68 Å². The van der Waals surface area contributed by atoms with Crippen LogP contribution in [0.3, 0.4) is 0 Å². The second-order valence-corrected chi connectivity index (χ2v) is 9.33. The number of aliphatic hydroxyl groups is 3. The lowest BCUT2D eigenvalue weighted by molar-refractivity contribution is -0.210. The lowest BCUT2D eigenvalue weighted by atomic mass is 9.92. The maximum atomic E-state index is 13.9. The number of aliphatic hydroxyl groups excluding tert-OH is 3. The Labute approximate surface area is 223 Å². The summed E-state index contributed by atoms with van der Waals surface area (Å²) in [6.07, 6.45) is -7.90. The minimum atomic E-state index is -4.77. The number of aryl methyl sites for hydroxylation is 1. The van der Waals surface area contributed by atoms with Crippen molar-refractivity contribution in [2.45, 2.75) is 43.6 Å². The number of pyridine rings is 1. The van der Waals surface area contributed by atoms with Crippen LogP contribution in [-0.2, 0) is 10.9 Å². The molecule has 1 aliphatic rings. The van der Waals surface area contributed by atoms with Gasteiger partial charge >= 0.3 is 6.18 Å². The van der Waals surface area contributed by atoms with Crippen molar-refractivity contribution in [2.24, 2.45) is 0 Å². The highest BCUT2D eigenvalue weighted by Gasteiger charge is 2.48. The average Bonchev–Trinajstić information content (AvgIpc) is 3.51. The van der Waals surface area contributed by atoms with Crippen molar-refractivity contribution in [3.8, 4) is 16.9 Å². The summed E-state index contributed by atoms with van der Waals surface area (Å²) in [6, 6.07) is 5.83. The van der Waals surface area contributed by atoms with Crippen molar-refractivity contribution in [2.75, 3.05) is 6.61 Å². The van der Waals surface area contributed by atoms with Crippen LogP contribution >= 0.6 is 11.6 Å². The topological polar surface area (TPSA) is 131 Å². The van der Waals surface area contributed by atoms with E-state index in [9.17, 15) is 32.9 Å². The van der Waals surface area contributed by atoms with Crippen molar-refractivity contribution in [1.29, 1.82) is 0 Å². The molecule has 0 radical (unpaired) electrons. The lowest BCUT2D eigenvalue weighted by Gasteiger charge is -2.42. The Morgan fingerprint density at radius 1 is 1.10 bits per heavy atom. The second-order valence-electron chi connectivity index (χ2n) is 8.89. The fourth-order valence-electron chi connectivity index (χ4n) is 4.54. The molecule has 15 heteroatoms. The molecule has 1 fully saturated rings. The second kappa shape index (κ2) is 10.3. The number of rotatable bonds is 5. The zero-order chi connectivity index (χ0) is 28.1. The van der Waals surface area contributed by atoms with E-state index in [4.69, 9.17) is 16.3 Å². The normalized spacial score (nSPS) is 23.8. The maximum absolute atomic E-state index is 13.9. The fourth-order valence-corrected chi connectivity index (χ4v) is 4.71. The molecular weight excluding hydrogens is 548 g/mol. The number of alkyl halides is 3. The van der Waals surface area contributed by atoms with Gasteiger partial charge in [-0.05, 0) is 37.3 Å². The van der Waals surface area contributed by atoms with Crippen LogP contribution in [0.5, 0.6) is 0 Å². The quantitative estimate of drug-likeness (QED) is 0.247. The number of aromatic nitrogens is 6. The molecule has 10 nitrogen and oxygen atoms in total. The van der Waals surface area contributed by atoms with E-state index >= 15 is 0 Å².